The van der Waals surface area contributed by atoms with Gasteiger partial charge in [0.1, 0.15) is 5.75 Å². The Morgan fingerprint density at radius 1 is 1.43 bits per heavy atom. The van der Waals surface area contributed by atoms with Gasteiger partial charge in [0, 0.05) is 0 Å². The third kappa shape index (κ3) is 2.41. The SMILES string of the molecule is O=C(O)C(F)(F)Oc1ccccc1Br. The number of alkyl halides is 2. The first-order valence-electron chi connectivity index (χ1n) is 3.48. The summed E-state index contributed by atoms with van der Waals surface area (Å²) in [6, 6.07) is 5.75. The van der Waals surface area contributed by atoms with Crippen LogP contribution in [0.4, 0.5) is 8.78 Å². The van der Waals surface area contributed by atoms with Crippen LogP contribution in [0.15, 0.2) is 28.7 Å². The molecule has 0 atom stereocenters. The second-order valence-corrected chi connectivity index (χ2v) is 3.21. The summed E-state index contributed by atoms with van der Waals surface area (Å²) in [6.45, 7) is 0. The monoisotopic (exact) mass is 266 g/mol. The maximum absolute atomic E-state index is 12.6. The highest BCUT2D eigenvalue weighted by atomic mass is 79.9. The van der Waals surface area contributed by atoms with Crippen molar-refractivity contribution >= 4 is 21.9 Å². The van der Waals surface area contributed by atoms with Crippen LogP contribution in [-0.2, 0) is 4.79 Å². The molecule has 0 aliphatic carbocycles. The average molecular weight is 267 g/mol. The molecule has 0 spiro atoms. The minimum atomic E-state index is -4.22. The van der Waals surface area contributed by atoms with Gasteiger partial charge in [0.05, 0.1) is 4.47 Å². The van der Waals surface area contributed by atoms with Gasteiger partial charge in [-0.15, -0.1) is 0 Å². The van der Waals surface area contributed by atoms with E-state index >= 15 is 0 Å². The number of hydrogen-bond acceptors (Lipinski definition) is 2. The zero-order valence-corrected chi connectivity index (χ0v) is 8.29. The van der Waals surface area contributed by atoms with Gasteiger partial charge in [0.2, 0.25) is 0 Å². The lowest BCUT2D eigenvalue weighted by Gasteiger charge is -2.13. The molecular formula is C8H5BrF2O3. The standard InChI is InChI=1S/C8H5BrF2O3/c9-5-3-1-2-4-6(5)14-8(10,11)7(12)13/h1-4H,(H,12,13). The molecule has 1 N–H and O–H groups in total. The number of carboxylic acid groups (broad SMARTS) is 1. The number of para-hydroxylation sites is 1. The second-order valence-electron chi connectivity index (χ2n) is 2.35. The van der Waals surface area contributed by atoms with Gasteiger partial charge in [-0.05, 0) is 28.1 Å². The maximum Gasteiger partial charge on any atom is 0.501 e. The molecule has 0 aliphatic heterocycles. The van der Waals surface area contributed by atoms with Crippen LogP contribution in [0.3, 0.4) is 0 Å². The Hall–Kier alpha value is -1.17. The Kier molecular flexibility index (Phi) is 3.05. The van der Waals surface area contributed by atoms with Gasteiger partial charge in [0.25, 0.3) is 0 Å². The van der Waals surface area contributed by atoms with E-state index in [0.29, 0.717) is 0 Å². The molecule has 0 bridgehead atoms. The van der Waals surface area contributed by atoms with E-state index in [1.807, 2.05) is 0 Å². The summed E-state index contributed by atoms with van der Waals surface area (Å²) in [5.41, 5.74) is 0. The Morgan fingerprint density at radius 2 is 2.00 bits per heavy atom. The van der Waals surface area contributed by atoms with Crippen molar-refractivity contribution in [1.29, 1.82) is 0 Å². The molecular weight excluding hydrogens is 262 g/mol. The fourth-order valence-electron chi connectivity index (χ4n) is 0.709. The molecule has 3 nitrogen and oxygen atoms in total. The molecule has 0 aromatic heterocycles. The van der Waals surface area contributed by atoms with Crippen molar-refractivity contribution in [3.8, 4) is 5.75 Å². The second kappa shape index (κ2) is 3.91. The van der Waals surface area contributed by atoms with Crippen LogP contribution in [0.1, 0.15) is 0 Å². The van der Waals surface area contributed by atoms with Gasteiger partial charge in [-0.1, -0.05) is 12.1 Å². The summed E-state index contributed by atoms with van der Waals surface area (Å²) in [6.07, 6.45) is -4.22. The Labute approximate surface area is 86.4 Å². The van der Waals surface area contributed by atoms with Crippen molar-refractivity contribution in [2.75, 3.05) is 0 Å². The van der Waals surface area contributed by atoms with Crippen LogP contribution in [-0.4, -0.2) is 17.2 Å². The van der Waals surface area contributed by atoms with Crippen LogP contribution in [0.25, 0.3) is 0 Å². The highest BCUT2D eigenvalue weighted by molar-refractivity contribution is 9.10. The number of halogens is 3. The van der Waals surface area contributed by atoms with Crippen molar-refractivity contribution in [3.63, 3.8) is 0 Å². The Bertz CT molecular complexity index is 354. The summed E-state index contributed by atoms with van der Waals surface area (Å²) in [5.74, 6) is -2.55. The Morgan fingerprint density at radius 3 is 2.50 bits per heavy atom. The van der Waals surface area contributed by atoms with Crippen molar-refractivity contribution in [3.05, 3.63) is 28.7 Å². The number of carbonyl (C=O) groups is 1. The number of aliphatic carboxylic acids is 1. The molecule has 76 valence electrons. The predicted molar refractivity (Wildman–Crippen MR) is 47.4 cm³/mol. The molecule has 0 radical (unpaired) electrons. The van der Waals surface area contributed by atoms with E-state index in [1.54, 1.807) is 6.07 Å². The number of carboxylic acids is 1. The van der Waals surface area contributed by atoms with Gasteiger partial charge in [-0.3, -0.25) is 0 Å². The highest BCUT2D eigenvalue weighted by Gasteiger charge is 2.42. The summed E-state index contributed by atoms with van der Waals surface area (Å²) in [4.78, 5) is 10.0. The summed E-state index contributed by atoms with van der Waals surface area (Å²) < 4.78 is 29.4. The zero-order chi connectivity index (χ0) is 10.8. The maximum atomic E-state index is 12.6. The van der Waals surface area contributed by atoms with E-state index in [0.717, 1.165) is 0 Å². The highest BCUT2D eigenvalue weighted by Crippen LogP contribution is 2.29. The third-order valence-corrected chi connectivity index (χ3v) is 1.98. The summed E-state index contributed by atoms with van der Waals surface area (Å²) in [5, 5.41) is 8.10. The third-order valence-electron chi connectivity index (χ3n) is 1.32. The quantitative estimate of drug-likeness (QED) is 0.915. The topological polar surface area (TPSA) is 46.5 Å². The van der Waals surface area contributed by atoms with Gasteiger partial charge in [-0.2, -0.15) is 8.78 Å². The van der Waals surface area contributed by atoms with Gasteiger partial charge in [0.15, 0.2) is 0 Å². The molecule has 1 aromatic carbocycles. The minimum absolute atomic E-state index is 0.222. The molecule has 0 aliphatic rings. The lowest BCUT2D eigenvalue weighted by Crippen LogP contribution is -2.34. The molecule has 0 saturated heterocycles. The van der Waals surface area contributed by atoms with Crippen molar-refractivity contribution < 1.29 is 23.4 Å². The molecule has 1 aromatic rings. The van der Waals surface area contributed by atoms with Crippen LogP contribution >= 0.6 is 15.9 Å². The number of hydrogen-bond donors (Lipinski definition) is 1. The fourth-order valence-corrected chi connectivity index (χ4v) is 1.07. The van der Waals surface area contributed by atoms with E-state index in [9.17, 15) is 13.6 Å². The van der Waals surface area contributed by atoms with E-state index in [-0.39, 0.29) is 10.2 Å². The predicted octanol–water partition coefficient (Wildman–Crippen LogP) is 2.51. The van der Waals surface area contributed by atoms with E-state index in [1.165, 1.54) is 18.2 Å². The van der Waals surface area contributed by atoms with Gasteiger partial charge in [-0.25, -0.2) is 4.79 Å². The van der Waals surface area contributed by atoms with Crippen molar-refractivity contribution in [2.45, 2.75) is 6.11 Å². The van der Waals surface area contributed by atoms with E-state index < -0.39 is 12.1 Å². The molecule has 1 rings (SSSR count). The summed E-state index contributed by atoms with van der Waals surface area (Å²) in [7, 11) is 0. The van der Waals surface area contributed by atoms with Crippen molar-refractivity contribution in [1.82, 2.24) is 0 Å². The normalized spacial score (nSPS) is 11.1. The van der Waals surface area contributed by atoms with Crippen LogP contribution in [0, 0.1) is 0 Å². The van der Waals surface area contributed by atoms with Crippen LogP contribution in [0.2, 0.25) is 0 Å². The minimum Gasteiger partial charge on any atom is -0.474 e. The smallest absolute Gasteiger partial charge is 0.474 e. The summed E-state index contributed by atoms with van der Waals surface area (Å²) >= 11 is 2.95. The van der Waals surface area contributed by atoms with E-state index in [2.05, 4.69) is 20.7 Å². The first-order chi connectivity index (χ1) is 6.43. The number of ether oxygens (including phenoxy) is 1. The molecule has 0 fully saturated rings. The van der Waals surface area contributed by atoms with Gasteiger partial charge < -0.3 is 9.84 Å². The number of rotatable bonds is 3. The average Bonchev–Trinajstić information content (AvgIpc) is 2.08. The Balaban J connectivity index is 2.89. The largest absolute Gasteiger partial charge is 0.501 e. The van der Waals surface area contributed by atoms with Crippen LogP contribution < -0.4 is 4.74 Å². The first-order valence-corrected chi connectivity index (χ1v) is 4.27. The number of benzene rings is 1. The molecule has 0 heterocycles. The van der Waals surface area contributed by atoms with E-state index in [4.69, 9.17) is 5.11 Å². The molecule has 14 heavy (non-hydrogen) atoms. The first kappa shape index (κ1) is 10.9. The molecule has 0 amide bonds. The van der Waals surface area contributed by atoms with Crippen LogP contribution in [0.5, 0.6) is 5.75 Å². The molecule has 0 saturated carbocycles. The lowest BCUT2D eigenvalue weighted by molar-refractivity contribution is -0.211. The van der Waals surface area contributed by atoms with Crippen molar-refractivity contribution in [2.24, 2.45) is 0 Å². The lowest BCUT2D eigenvalue weighted by atomic mass is 10.3. The zero-order valence-electron chi connectivity index (χ0n) is 6.71. The molecule has 0 unspecified atom stereocenters. The fraction of sp³-hybridized carbons (Fsp3) is 0.125. The molecule has 6 heteroatoms. The van der Waals surface area contributed by atoms with Gasteiger partial charge >= 0.3 is 12.1 Å².